The number of carbonyl (C=O) groups excluding carboxylic acids is 1. The lowest BCUT2D eigenvalue weighted by atomic mass is 9.83. The highest BCUT2D eigenvalue weighted by Crippen LogP contribution is 2.40. The molecule has 0 unspecified atom stereocenters. The molecule has 0 bridgehead atoms. The van der Waals surface area contributed by atoms with Crippen molar-refractivity contribution in [3.63, 3.8) is 0 Å². The summed E-state index contributed by atoms with van der Waals surface area (Å²) in [5.41, 5.74) is 0.0499. The van der Waals surface area contributed by atoms with Crippen molar-refractivity contribution in [2.75, 3.05) is 20.3 Å². The molecule has 0 aliphatic heterocycles. The predicted molar refractivity (Wildman–Crippen MR) is 78.7 cm³/mol. The van der Waals surface area contributed by atoms with Gasteiger partial charge < -0.3 is 15.2 Å². The Kier molecular flexibility index (Phi) is 5.43. The smallest absolute Gasteiger partial charge is 0.356 e. The molecule has 1 aliphatic carbocycles. The van der Waals surface area contributed by atoms with E-state index in [0.29, 0.717) is 13.2 Å². The first-order valence-electron chi connectivity index (χ1n) is 7.39. The maximum absolute atomic E-state index is 12.1. The van der Waals surface area contributed by atoms with E-state index in [1.807, 2.05) is 0 Å². The van der Waals surface area contributed by atoms with E-state index >= 15 is 0 Å². The Bertz CT molecular complexity index is 524. The predicted octanol–water partition coefficient (Wildman–Crippen LogP) is 1.50. The van der Waals surface area contributed by atoms with Crippen molar-refractivity contribution < 1.29 is 19.4 Å². The van der Waals surface area contributed by atoms with Gasteiger partial charge in [-0.2, -0.15) is 0 Å². The Morgan fingerprint density at radius 3 is 2.45 bits per heavy atom. The molecule has 2 rings (SSSR count). The Morgan fingerprint density at radius 1 is 1.27 bits per heavy atom. The van der Waals surface area contributed by atoms with Crippen LogP contribution in [-0.4, -0.2) is 47.2 Å². The van der Waals surface area contributed by atoms with Crippen LogP contribution in [0.4, 0.5) is 0 Å². The largest absolute Gasteiger partial charge is 0.476 e. The molecule has 0 saturated heterocycles. The molecule has 0 spiro atoms. The van der Waals surface area contributed by atoms with E-state index in [1.54, 1.807) is 7.11 Å². The summed E-state index contributed by atoms with van der Waals surface area (Å²) in [7, 11) is 1.68. The van der Waals surface area contributed by atoms with E-state index in [9.17, 15) is 9.59 Å². The van der Waals surface area contributed by atoms with E-state index in [1.165, 1.54) is 19.0 Å². The zero-order valence-corrected chi connectivity index (χ0v) is 12.7. The zero-order chi connectivity index (χ0) is 16.0. The van der Waals surface area contributed by atoms with E-state index in [4.69, 9.17) is 9.84 Å². The number of aromatic nitrogens is 2. The fourth-order valence-electron chi connectivity index (χ4n) is 2.87. The van der Waals surface area contributed by atoms with Crippen LogP contribution in [0.2, 0.25) is 0 Å². The number of rotatable bonds is 7. The van der Waals surface area contributed by atoms with Gasteiger partial charge in [0.25, 0.3) is 5.91 Å². The number of nitrogens with zero attached hydrogens (tertiary/aromatic N) is 2. The number of carboxylic acid groups (broad SMARTS) is 1. The molecular formula is C15H21N3O4. The number of hydrogen-bond acceptors (Lipinski definition) is 5. The highest BCUT2D eigenvalue weighted by atomic mass is 16.5. The minimum absolute atomic E-state index is 0.0973. The molecule has 2 N–H and O–H groups in total. The molecule has 0 aromatic carbocycles. The van der Waals surface area contributed by atoms with Gasteiger partial charge in [-0.1, -0.05) is 12.8 Å². The maximum Gasteiger partial charge on any atom is 0.356 e. The van der Waals surface area contributed by atoms with Gasteiger partial charge in [-0.3, -0.25) is 4.79 Å². The normalized spacial score (nSPS) is 16.4. The molecule has 1 aliphatic rings. The number of carboxylic acids is 1. The van der Waals surface area contributed by atoms with Gasteiger partial charge in [-0.15, -0.1) is 0 Å². The van der Waals surface area contributed by atoms with E-state index in [-0.39, 0.29) is 22.7 Å². The third kappa shape index (κ3) is 4.00. The Hall–Kier alpha value is -2.02. The highest BCUT2D eigenvalue weighted by molar-refractivity contribution is 5.92. The van der Waals surface area contributed by atoms with Crippen molar-refractivity contribution in [2.45, 2.75) is 32.1 Å². The number of aromatic carboxylic acids is 1. The van der Waals surface area contributed by atoms with Crippen LogP contribution in [0.1, 0.15) is 53.1 Å². The van der Waals surface area contributed by atoms with Crippen LogP contribution in [-0.2, 0) is 4.74 Å². The lowest BCUT2D eigenvalue weighted by molar-refractivity contribution is 0.0689. The zero-order valence-electron chi connectivity index (χ0n) is 12.7. The summed E-state index contributed by atoms with van der Waals surface area (Å²) in [6.07, 6.45) is 7.72. The fraction of sp³-hybridized carbons (Fsp3) is 0.600. The Morgan fingerprint density at radius 2 is 1.91 bits per heavy atom. The van der Waals surface area contributed by atoms with Crippen molar-refractivity contribution >= 4 is 11.9 Å². The van der Waals surface area contributed by atoms with Crippen molar-refractivity contribution in [1.29, 1.82) is 0 Å². The molecule has 1 heterocycles. The summed E-state index contributed by atoms with van der Waals surface area (Å²) in [5, 5.41) is 11.7. The van der Waals surface area contributed by atoms with Crippen molar-refractivity contribution in [3.05, 3.63) is 23.8 Å². The van der Waals surface area contributed by atoms with Crippen LogP contribution < -0.4 is 5.32 Å². The quantitative estimate of drug-likeness (QED) is 0.791. The molecule has 22 heavy (non-hydrogen) atoms. The van der Waals surface area contributed by atoms with Gasteiger partial charge >= 0.3 is 5.97 Å². The first kappa shape index (κ1) is 16.4. The van der Waals surface area contributed by atoms with Gasteiger partial charge in [-0.05, 0) is 24.7 Å². The number of ether oxygens (including phenoxy) is 1. The first-order chi connectivity index (χ1) is 10.6. The van der Waals surface area contributed by atoms with Crippen molar-refractivity contribution in [2.24, 2.45) is 5.41 Å². The molecule has 0 atom stereocenters. The molecule has 1 aromatic heterocycles. The average Bonchev–Trinajstić information content (AvgIpc) is 3.00. The summed E-state index contributed by atoms with van der Waals surface area (Å²) in [5.74, 6) is -1.49. The number of nitrogens with one attached hydrogen (secondary N) is 1. The summed E-state index contributed by atoms with van der Waals surface area (Å²) >= 11 is 0. The number of amides is 1. The minimum atomic E-state index is -1.16. The summed E-state index contributed by atoms with van der Waals surface area (Å²) < 4.78 is 5.17. The molecule has 120 valence electrons. The summed E-state index contributed by atoms with van der Waals surface area (Å²) in [6.45, 7) is 1.26. The van der Waals surface area contributed by atoms with E-state index in [0.717, 1.165) is 25.5 Å². The molecule has 0 radical (unpaired) electrons. The monoisotopic (exact) mass is 307 g/mol. The van der Waals surface area contributed by atoms with Gasteiger partial charge in [0.1, 0.15) is 5.69 Å². The molecule has 1 aromatic rings. The van der Waals surface area contributed by atoms with Gasteiger partial charge in [0, 0.05) is 20.3 Å². The minimum Gasteiger partial charge on any atom is -0.476 e. The average molecular weight is 307 g/mol. The van der Waals surface area contributed by atoms with Crippen LogP contribution >= 0.6 is 0 Å². The highest BCUT2D eigenvalue weighted by Gasteiger charge is 2.33. The second kappa shape index (κ2) is 7.31. The molecular weight excluding hydrogens is 286 g/mol. The van der Waals surface area contributed by atoms with Crippen LogP contribution in [0.15, 0.2) is 12.4 Å². The topological polar surface area (TPSA) is 101 Å². The number of hydrogen-bond donors (Lipinski definition) is 2. The van der Waals surface area contributed by atoms with Crippen LogP contribution in [0, 0.1) is 5.41 Å². The van der Waals surface area contributed by atoms with Gasteiger partial charge in [0.15, 0.2) is 5.69 Å². The number of methoxy groups -OCH3 is 1. The van der Waals surface area contributed by atoms with E-state index in [2.05, 4.69) is 15.3 Å². The molecule has 1 fully saturated rings. The lowest BCUT2D eigenvalue weighted by Crippen LogP contribution is -2.37. The Labute approximate surface area is 129 Å². The Balaban J connectivity index is 1.94. The summed E-state index contributed by atoms with van der Waals surface area (Å²) in [4.78, 5) is 30.4. The van der Waals surface area contributed by atoms with Crippen LogP contribution in [0.3, 0.4) is 0 Å². The van der Waals surface area contributed by atoms with Gasteiger partial charge in [0.05, 0.1) is 12.4 Å². The van der Waals surface area contributed by atoms with Crippen molar-refractivity contribution in [1.82, 2.24) is 15.3 Å². The summed E-state index contributed by atoms with van der Waals surface area (Å²) in [6, 6.07) is 0. The molecule has 7 nitrogen and oxygen atoms in total. The van der Waals surface area contributed by atoms with Crippen LogP contribution in [0.5, 0.6) is 0 Å². The third-order valence-electron chi connectivity index (χ3n) is 4.23. The first-order valence-corrected chi connectivity index (χ1v) is 7.39. The van der Waals surface area contributed by atoms with Gasteiger partial charge in [-0.25, -0.2) is 14.8 Å². The molecule has 1 saturated carbocycles. The van der Waals surface area contributed by atoms with E-state index < -0.39 is 5.97 Å². The maximum atomic E-state index is 12.1. The van der Waals surface area contributed by atoms with Crippen molar-refractivity contribution in [3.8, 4) is 0 Å². The van der Waals surface area contributed by atoms with Crippen LogP contribution in [0.25, 0.3) is 0 Å². The fourth-order valence-corrected chi connectivity index (χ4v) is 2.87. The lowest BCUT2D eigenvalue weighted by Gasteiger charge is -2.28. The number of carbonyl (C=O) groups is 2. The standard InChI is InChI=1S/C15H21N3O4/c1-22-7-6-15(4-2-3-5-15)10-18-13(19)11-8-17-12(9-16-11)14(20)21/h8-9H,2-7,10H2,1H3,(H,18,19)(H,20,21). The molecule has 1 amide bonds. The van der Waals surface area contributed by atoms with Gasteiger partial charge in [0.2, 0.25) is 0 Å². The second-order valence-corrected chi connectivity index (χ2v) is 5.72. The third-order valence-corrected chi connectivity index (χ3v) is 4.23. The molecule has 7 heteroatoms. The SMILES string of the molecule is COCCC1(CNC(=O)c2cnc(C(=O)O)cn2)CCCC1. The second-order valence-electron chi connectivity index (χ2n) is 5.72.